The number of nitrogens with zero attached hydrogens (tertiary/aromatic N) is 3. The number of imidazole rings is 1. The van der Waals surface area contributed by atoms with Crippen molar-refractivity contribution < 1.29 is 4.79 Å². The van der Waals surface area contributed by atoms with Crippen LogP contribution in [0.3, 0.4) is 0 Å². The number of piperidine rings is 1. The average molecular weight is 517 g/mol. The van der Waals surface area contributed by atoms with E-state index in [2.05, 4.69) is 86.2 Å². The molecule has 0 radical (unpaired) electrons. The molecule has 4 aromatic rings. The molecule has 174 valence electrons. The maximum atomic E-state index is 13.1. The Balaban J connectivity index is 1.36. The highest BCUT2D eigenvalue weighted by Gasteiger charge is 2.27. The van der Waals surface area contributed by atoms with Gasteiger partial charge in [0.15, 0.2) is 0 Å². The van der Waals surface area contributed by atoms with Crippen LogP contribution in [0.15, 0.2) is 77.3 Å². The molecule has 0 unspecified atom stereocenters. The Hall–Kier alpha value is -2.96. The lowest BCUT2D eigenvalue weighted by atomic mass is 9.96. The summed E-state index contributed by atoms with van der Waals surface area (Å²) >= 11 is 3.54. The minimum absolute atomic E-state index is 0.0239. The maximum absolute atomic E-state index is 13.1. The molecule has 5 rings (SSSR count). The maximum Gasteiger partial charge on any atom is 0.228 e. The zero-order valence-corrected chi connectivity index (χ0v) is 21.0. The SMILES string of the molecule is CCc1ccccc1NC(=O)[C@H]1CCCN(Cc2nc3ccccc3n2-c2ccc(Br)cc2)C1. The van der Waals surface area contributed by atoms with Gasteiger partial charge in [-0.25, -0.2) is 4.98 Å². The molecular weight excluding hydrogens is 488 g/mol. The number of amides is 1. The van der Waals surface area contributed by atoms with E-state index in [1.807, 2.05) is 24.3 Å². The third-order valence-corrected chi connectivity index (χ3v) is 7.14. The lowest BCUT2D eigenvalue weighted by Gasteiger charge is -2.32. The van der Waals surface area contributed by atoms with Gasteiger partial charge in [-0.1, -0.05) is 53.2 Å². The number of fused-ring (bicyclic) bond motifs is 1. The van der Waals surface area contributed by atoms with Crippen molar-refractivity contribution in [1.82, 2.24) is 14.5 Å². The molecule has 0 spiro atoms. The van der Waals surface area contributed by atoms with E-state index < -0.39 is 0 Å². The number of nitrogens with one attached hydrogen (secondary N) is 1. The number of carbonyl (C=O) groups excluding carboxylic acids is 1. The summed E-state index contributed by atoms with van der Waals surface area (Å²) in [6.07, 6.45) is 2.82. The number of aryl methyl sites for hydroxylation is 1. The van der Waals surface area contributed by atoms with E-state index in [9.17, 15) is 4.79 Å². The number of likely N-dealkylation sites (tertiary alicyclic amines) is 1. The van der Waals surface area contributed by atoms with Crippen LogP contribution in [0, 0.1) is 5.92 Å². The highest BCUT2D eigenvalue weighted by Crippen LogP contribution is 2.26. The van der Waals surface area contributed by atoms with Gasteiger partial charge in [-0.2, -0.15) is 0 Å². The van der Waals surface area contributed by atoms with Gasteiger partial charge in [0.25, 0.3) is 0 Å². The predicted octanol–water partition coefficient (Wildman–Crippen LogP) is 6.20. The van der Waals surface area contributed by atoms with Crippen molar-refractivity contribution in [3.05, 3.63) is 88.7 Å². The summed E-state index contributed by atoms with van der Waals surface area (Å²) in [5.74, 6) is 1.09. The third-order valence-electron chi connectivity index (χ3n) is 6.61. The molecule has 3 aromatic carbocycles. The van der Waals surface area contributed by atoms with Crippen LogP contribution in [0.4, 0.5) is 5.69 Å². The standard InChI is InChI=1S/C28H29BrN4O/c1-2-20-8-3-4-10-24(20)31-28(34)21-9-7-17-32(18-21)19-27-30-25-11-5-6-12-26(25)33(27)23-15-13-22(29)14-16-23/h3-6,8,10-16,21H,2,7,9,17-19H2,1H3,(H,31,34)/t21-/m0/s1. The summed E-state index contributed by atoms with van der Waals surface area (Å²) in [7, 11) is 0. The first-order valence-corrected chi connectivity index (χ1v) is 12.7. The number of carbonyl (C=O) groups is 1. The molecule has 0 saturated carbocycles. The molecule has 0 aliphatic carbocycles. The Morgan fingerprint density at radius 3 is 2.65 bits per heavy atom. The van der Waals surface area contributed by atoms with Crippen LogP contribution in [0.5, 0.6) is 0 Å². The highest BCUT2D eigenvalue weighted by molar-refractivity contribution is 9.10. The van der Waals surface area contributed by atoms with E-state index in [0.29, 0.717) is 6.54 Å². The normalized spacial score (nSPS) is 16.6. The second kappa shape index (κ2) is 10.1. The molecule has 5 nitrogen and oxygen atoms in total. The molecule has 1 fully saturated rings. The Kier molecular flexibility index (Phi) is 6.79. The number of hydrogen-bond donors (Lipinski definition) is 1. The Morgan fingerprint density at radius 1 is 1.06 bits per heavy atom. The van der Waals surface area contributed by atoms with Crippen LogP contribution in [0.2, 0.25) is 0 Å². The zero-order chi connectivity index (χ0) is 23.5. The van der Waals surface area contributed by atoms with Gasteiger partial charge in [0, 0.05) is 22.4 Å². The number of aromatic nitrogens is 2. The van der Waals surface area contributed by atoms with Crippen molar-refractivity contribution >= 4 is 38.6 Å². The van der Waals surface area contributed by atoms with E-state index in [-0.39, 0.29) is 11.8 Å². The monoisotopic (exact) mass is 516 g/mol. The molecule has 0 bridgehead atoms. The summed E-state index contributed by atoms with van der Waals surface area (Å²) in [6, 6.07) is 24.7. The Morgan fingerprint density at radius 2 is 1.82 bits per heavy atom. The van der Waals surface area contributed by atoms with Gasteiger partial charge in [-0.3, -0.25) is 14.3 Å². The van der Waals surface area contributed by atoms with Crippen LogP contribution in [0.25, 0.3) is 16.7 Å². The van der Waals surface area contributed by atoms with Crippen molar-refractivity contribution in [3.8, 4) is 5.69 Å². The quantitative estimate of drug-likeness (QED) is 0.331. The van der Waals surface area contributed by atoms with Crippen LogP contribution in [0.1, 0.15) is 31.2 Å². The van der Waals surface area contributed by atoms with Gasteiger partial charge in [-0.15, -0.1) is 0 Å². The first-order chi connectivity index (χ1) is 16.6. The number of hydrogen-bond acceptors (Lipinski definition) is 3. The summed E-state index contributed by atoms with van der Waals surface area (Å²) < 4.78 is 3.29. The number of rotatable bonds is 6. The van der Waals surface area contributed by atoms with Crippen molar-refractivity contribution in [1.29, 1.82) is 0 Å². The molecule has 2 heterocycles. The molecule has 1 aromatic heterocycles. The van der Waals surface area contributed by atoms with Gasteiger partial charge in [0.1, 0.15) is 5.82 Å². The van der Waals surface area contributed by atoms with Gasteiger partial charge in [0.2, 0.25) is 5.91 Å². The Labute approximate surface area is 208 Å². The fourth-order valence-electron chi connectivity index (χ4n) is 4.86. The lowest BCUT2D eigenvalue weighted by Crippen LogP contribution is -2.40. The second-order valence-electron chi connectivity index (χ2n) is 8.90. The predicted molar refractivity (Wildman–Crippen MR) is 141 cm³/mol. The number of benzene rings is 3. The van der Waals surface area contributed by atoms with Crippen LogP contribution >= 0.6 is 15.9 Å². The molecule has 1 amide bonds. The van der Waals surface area contributed by atoms with Crippen molar-refractivity contribution in [2.24, 2.45) is 5.92 Å². The van der Waals surface area contributed by atoms with Crippen LogP contribution in [-0.4, -0.2) is 33.4 Å². The van der Waals surface area contributed by atoms with E-state index >= 15 is 0 Å². The first kappa shape index (κ1) is 22.8. The molecule has 1 N–H and O–H groups in total. The molecule has 1 aliphatic rings. The summed E-state index contributed by atoms with van der Waals surface area (Å²) in [5, 5.41) is 3.19. The van der Waals surface area contributed by atoms with Crippen molar-refractivity contribution in [2.75, 3.05) is 18.4 Å². The molecule has 1 aliphatic heterocycles. The van der Waals surface area contributed by atoms with Crippen molar-refractivity contribution in [2.45, 2.75) is 32.7 Å². The molecular formula is C28H29BrN4O. The lowest BCUT2D eigenvalue weighted by molar-refractivity contribution is -0.121. The van der Waals surface area contributed by atoms with E-state index in [4.69, 9.17) is 4.98 Å². The summed E-state index contributed by atoms with van der Waals surface area (Å²) in [4.78, 5) is 20.5. The van der Waals surface area contributed by atoms with E-state index in [1.54, 1.807) is 0 Å². The fourth-order valence-corrected chi connectivity index (χ4v) is 5.12. The van der Waals surface area contributed by atoms with Crippen LogP contribution in [-0.2, 0) is 17.8 Å². The van der Waals surface area contributed by atoms with E-state index in [1.165, 1.54) is 5.56 Å². The molecule has 34 heavy (non-hydrogen) atoms. The second-order valence-corrected chi connectivity index (χ2v) is 9.82. The average Bonchev–Trinajstić information content (AvgIpc) is 3.23. The zero-order valence-electron chi connectivity index (χ0n) is 19.4. The van der Waals surface area contributed by atoms with Gasteiger partial charge in [0.05, 0.1) is 23.5 Å². The molecule has 6 heteroatoms. The van der Waals surface area contributed by atoms with E-state index in [0.717, 1.165) is 65.1 Å². The number of anilines is 1. The topological polar surface area (TPSA) is 50.2 Å². The Bertz CT molecular complexity index is 1300. The van der Waals surface area contributed by atoms with Gasteiger partial charge < -0.3 is 5.32 Å². The third kappa shape index (κ3) is 4.79. The van der Waals surface area contributed by atoms with Crippen molar-refractivity contribution in [3.63, 3.8) is 0 Å². The molecule has 1 atom stereocenters. The first-order valence-electron chi connectivity index (χ1n) is 12.0. The summed E-state index contributed by atoms with van der Waals surface area (Å²) in [5.41, 5.74) is 5.29. The highest BCUT2D eigenvalue weighted by atomic mass is 79.9. The largest absolute Gasteiger partial charge is 0.326 e. The smallest absolute Gasteiger partial charge is 0.228 e. The number of para-hydroxylation sites is 3. The number of halogens is 1. The molecule has 1 saturated heterocycles. The minimum atomic E-state index is -0.0239. The van der Waals surface area contributed by atoms with Gasteiger partial charge in [-0.05, 0) is 73.8 Å². The summed E-state index contributed by atoms with van der Waals surface area (Å²) in [6.45, 7) is 4.54. The minimum Gasteiger partial charge on any atom is -0.326 e. The van der Waals surface area contributed by atoms with Gasteiger partial charge >= 0.3 is 0 Å². The van der Waals surface area contributed by atoms with Crippen LogP contribution < -0.4 is 5.32 Å². The fraction of sp³-hybridized carbons (Fsp3) is 0.286.